The van der Waals surface area contributed by atoms with Gasteiger partial charge in [-0.25, -0.2) is 8.78 Å². The fourth-order valence-corrected chi connectivity index (χ4v) is 1.41. The minimum Gasteiger partial charge on any atom is -0.315 e. The molecule has 2 N–H and O–H groups in total. The SMILES string of the molecule is CC(C)NC1CNCCC1(F)F. The summed E-state index contributed by atoms with van der Waals surface area (Å²) in [4.78, 5) is 0. The van der Waals surface area contributed by atoms with Gasteiger partial charge in [-0.1, -0.05) is 13.8 Å². The highest BCUT2D eigenvalue weighted by molar-refractivity contribution is 4.90. The van der Waals surface area contributed by atoms with Gasteiger partial charge in [-0.15, -0.1) is 0 Å². The van der Waals surface area contributed by atoms with Crippen molar-refractivity contribution in [2.24, 2.45) is 0 Å². The molecule has 0 aromatic rings. The van der Waals surface area contributed by atoms with Gasteiger partial charge >= 0.3 is 0 Å². The maximum atomic E-state index is 13.1. The van der Waals surface area contributed by atoms with Crippen molar-refractivity contribution in [1.82, 2.24) is 10.6 Å². The van der Waals surface area contributed by atoms with Crippen LogP contribution in [-0.2, 0) is 0 Å². The summed E-state index contributed by atoms with van der Waals surface area (Å²) in [7, 11) is 0. The number of hydrogen-bond donors (Lipinski definition) is 2. The quantitative estimate of drug-likeness (QED) is 0.658. The molecule has 0 aromatic carbocycles. The van der Waals surface area contributed by atoms with E-state index in [1.54, 1.807) is 0 Å². The summed E-state index contributed by atoms with van der Waals surface area (Å²) < 4.78 is 26.3. The Morgan fingerprint density at radius 2 is 2.17 bits per heavy atom. The molecule has 1 saturated heterocycles. The van der Waals surface area contributed by atoms with Crippen molar-refractivity contribution >= 4 is 0 Å². The van der Waals surface area contributed by atoms with Gasteiger partial charge in [0.25, 0.3) is 5.92 Å². The number of hydrogen-bond acceptors (Lipinski definition) is 2. The van der Waals surface area contributed by atoms with Crippen LogP contribution < -0.4 is 10.6 Å². The molecule has 0 aromatic heterocycles. The molecule has 1 heterocycles. The Labute approximate surface area is 71.7 Å². The molecular weight excluding hydrogens is 162 g/mol. The van der Waals surface area contributed by atoms with E-state index < -0.39 is 12.0 Å². The molecule has 12 heavy (non-hydrogen) atoms. The summed E-state index contributed by atoms with van der Waals surface area (Å²) in [5.74, 6) is -2.55. The third kappa shape index (κ3) is 2.38. The number of piperidine rings is 1. The van der Waals surface area contributed by atoms with E-state index in [4.69, 9.17) is 0 Å². The lowest BCUT2D eigenvalue weighted by atomic mass is 10.0. The molecule has 1 unspecified atom stereocenters. The number of rotatable bonds is 2. The zero-order valence-electron chi connectivity index (χ0n) is 7.53. The molecule has 4 heteroatoms. The lowest BCUT2D eigenvalue weighted by Crippen LogP contribution is -2.57. The van der Waals surface area contributed by atoms with Crippen molar-refractivity contribution in [2.75, 3.05) is 13.1 Å². The van der Waals surface area contributed by atoms with Gasteiger partial charge in [0.1, 0.15) is 0 Å². The second-order valence-electron chi connectivity index (χ2n) is 3.59. The van der Waals surface area contributed by atoms with Crippen LogP contribution in [0, 0.1) is 0 Å². The first-order valence-corrected chi connectivity index (χ1v) is 4.37. The molecule has 2 nitrogen and oxygen atoms in total. The van der Waals surface area contributed by atoms with Gasteiger partial charge in [0.2, 0.25) is 0 Å². The summed E-state index contributed by atoms with van der Waals surface area (Å²) >= 11 is 0. The predicted molar refractivity (Wildman–Crippen MR) is 44.5 cm³/mol. The molecular formula is C8H16F2N2. The number of nitrogens with one attached hydrogen (secondary N) is 2. The van der Waals surface area contributed by atoms with Crippen LogP contribution in [0.15, 0.2) is 0 Å². The van der Waals surface area contributed by atoms with Crippen LogP contribution in [0.4, 0.5) is 8.78 Å². The molecule has 72 valence electrons. The fourth-order valence-electron chi connectivity index (χ4n) is 1.41. The standard InChI is InChI=1S/C8H16F2N2/c1-6(2)12-7-5-11-4-3-8(7,9)10/h6-7,11-12H,3-5H2,1-2H3. The Hall–Kier alpha value is -0.220. The Morgan fingerprint density at radius 1 is 1.50 bits per heavy atom. The summed E-state index contributed by atoms with van der Waals surface area (Å²) in [5.41, 5.74) is 0. The van der Waals surface area contributed by atoms with Gasteiger partial charge in [-0.3, -0.25) is 0 Å². The highest BCUT2D eigenvalue weighted by Gasteiger charge is 2.41. The van der Waals surface area contributed by atoms with Gasteiger partial charge in [0.05, 0.1) is 6.04 Å². The maximum Gasteiger partial charge on any atom is 0.265 e. The first-order valence-electron chi connectivity index (χ1n) is 4.37. The molecule has 0 amide bonds. The molecule has 1 rings (SSSR count). The van der Waals surface area contributed by atoms with E-state index in [9.17, 15) is 8.78 Å². The number of alkyl halides is 2. The summed E-state index contributed by atoms with van der Waals surface area (Å²) in [6.45, 7) is 4.55. The van der Waals surface area contributed by atoms with E-state index in [0.717, 1.165) is 0 Å². The van der Waals surface area contributed by atoms with Crippen molar-refractivity contribution in [1.29, 1.82) is 0 Å². The van der Waals surface area contributed by atoms with Gasteiger partial charge in [-0.2, -0.15) is 0 Å². The zero-order chi connectivity index (χ0) is 9.19. The average Bonchev–Trinajstić information content (AvgIpc) is 1.92. The summed E-state index contributed by atoms with van der Waals surface area (Å²) in [6.07, 6.45) is -0.0581. The third-order valence-electron chi connectivity index (χ3n) is 2.03. The smallest absolute Gasteiger partial charge is 0.265 e. The Morgan fingerprint density at radius 3 is 2.67 bits per heavy atom. The Bertz CT molecular complexity index is 148. The van der Waals surface area contributed by atoms with Crippen molar-refractivity contribution in [3.05, 3.63) is 0 Å². The molecule has 1 aliphatic heterocycles. The highest BCUT2D eigenvalue weighted by atomic mass is 19.3. The van der Waals surface area contributed by atoms with Crippen molar-refractivity contribution in [3.8, 4) is 0 Å². The molecule has 1 fully saturated rings. The van der Waals surface area contributed by atoms with Crippen LogP contribution in [0.1, 0.15) is 20.3 Å². The molecule has 1 atom stereocenters. The summed E-state index contributed by atoms with van der Waals surface area (Å²) in [6, 6.07) is -0.591. The lowest BCUT2D eigenvalue weighted by Gasteiger charge is -2.33. The zero-order valence-corrected chi connectivity index (χ0v) is 7.53. The maximum absolute atomic E-state index is 13.1. The van der Waals surface area contributed by atoms with Gasteiger partial charge in [-0.05, 0) is 0 Å². The fraction of sp³-hybridized carbons (Fsp3) is 1.00. The predicted octanol–water partition coefficient (Wildman–Crippen LogP) is 0.982. The average molecular weight is 178 g/mol. The van der Waals surface area contributed by atoms with Crippen molar-refractivity contribution in [2.45, 2.75) is 38.3 Å². The van der Waals surface area contributed by atoms with Crippen molar-refractivity contribution < 1.29 is 8.78 Å². The molecule has 0 radical (unpaired) electrons. The Balaban J connectivity index is 2.48. The molecule has 0 saturated carbocycles. The topological polar surface area (TPSA) is 24.1 Å². The summed E-state index contributed by atoms with van der Waals surface area (Å²) in [5, 5.41) is 5.81. The van der Waals surface area contributed by atoms with Crippen LogP contribution in [0.5, 0.6) is 0 Å². The molecule has 0 spiro atoms. The van der Waals surface area contributed by atoms with Gasteiger partial charge < -0.3 is 10.6 Å². The molecule has 0 aliphatic carbocycles. The molecule has 0 bridgehead atoms. The van der Waals surface area contributed by atoms with E-state index in [-0.39, 0.29) is 12.5 Å². The minimum absolute atomic E-state index is 0.0581. The van der Waals surface area contributed by atoms with Crippen LogP contribution in [-0.4, -0.2) is 31.1 Å². The lowest BCUT2D eigenvalue weighted by molar-refractivity contribution is -0.0588. The third-order valence-corrected chi connectivity index (χ3v) is 2.03. The Kier molecular flexibility index (Phi) is 3.01. The van der Waals surface area contributed by atoms with Crippen molar-refractivity contribution in [3.63, 3.8) is 0 Å². The van der Waals surface area contributed by atoms with Crippen LogP contribution in [0.2, 0.25) is 0 Å². The second kappa shape index (κ2) is 3.66. The second-order valence-corrected chi connectivity index (χ2v) is 3.59. The largest absolute Gasteiger partial charge is 0.315 e. The van der Waals surface area contributed by atoms with Crippen LogP contribution >= 0.6 is 0 Å². The van der Waals surface area contributed by atoms with Crippen LogP contribution in [0.25, 0.3) is 0 Å². The van der Waals surface area contributed by atoms with E-state index >= 15 is 0 Å². The minimum atomic E-state index is -2.55. The van der Waals surface area contributed by atoms with E-state index in [0.29, 0.717) is 13.1 Å². The van der Waals surface area contributed by atoms with E-state index in [1.165, 1.54) is 0 Å². The number of halogens is 2. The highest BCUT2D eigenvalue weighted by Crippen LogP contribution is 2.25. The van der Waals surface area contributed by atoms with E-state index in [2.05, 4.69) is 10.6 Å². The van der Waals surface area contributed by atoms with Gasteiger partial charge in [0, 0.05) is 25.6 Å². The van der Waals surface area contributed by atoms with Crippen LogP contribution in [0.3, 0.4) is 0 Å². The first kappa shape index (κ1) is 9.86. The normalized spacial score (nSPS) is 29.2. The van der Waals surface area contributed by atoms with E-state index in [1.807, 2.05) is 13.8 Å². The molecule has 1 aliphatic rings. The monoisotopic (exact) mass is 178 g/mol. The first-order chi connectivity index (χ1) is 5.52. The van der Waals surface area contributed by atoms with Gasteiger partial charge in [0.15, 0.2) is 0 Å².